The Kier molecular flexibility index (Phi) is 7.28. The van der Waals surface area contributed by atoms with Crippen LogP contribution in [0.4, 0.5) is 0 Å². The van der Waals surface area contributed by atoms with Crippen LogP contribution in [0.3, 0.4) is 0 Å². The first-order valence-electron chi connectivity index (χ1n) is 7.31. The van der Waals surface area contributed by atoms with Gasteiger partial charge in [0, 0.05) is 18.8 Å². The van der Waals surface area contributed by atoms with E-state index in [4.69, 9.17) is 21.0 Å². The van der Waals surface area contributed by atoms with E-state index in [2.05, 4.69) is 5.92 Å². The van der Waals surface area contributed by atoms with Gasteiger partial charge >= 0.3 is 5.97 Å². The van der Waals surface area contributed by atoms with Crippen LogP contribution < -0.4 is 0 Å². The van der Waals surface area contributed by atoms with E-state index in [1.54, 1.807) is 0 Å². The number of terminal acetylenes is 1. The van der Waals surface area contributed by atoms with E-state index in [0.29, 0.717) is 0 Å². The third-order valence-corrected chi connectivity index (χ3v) is 3.88. The molecule has 6 atom stereocenters. The van der Waals surface area contributed by atoms with E-state index >= 15 is 0 Å². The lowest BCUT2D eigenvalue weighted by Crippen LogP contribution is -2.62. The second kappa shape index (κ2) is 8.53. The molecule has 1 rings (SSSR count). The standard InChI is InChI=1S/C15H22O9/c1-3-4-23-15(14(21)22)6-10(18)9(5-8(2)17)13(24-15)12(20)11(19)7-16/h1,9-13,16,18-20H,4-7H2,2H3,(H,21,22)/t9-,10-,11?,12?,13?,15-/m1/s1. The number of Topliss-reactive ketones (excluding diaryl/α,β-unsaturated/α-hetero) is 1. The van der Waals surface area contributed by atoms with Gasteiger partial charge in [-0.1, -0.05) is 5.92 Å². The minimum atomic E-state index is -2.33. The average Bonchev–Trinajstić information content (AvgIpc) is 2.53. The molecule has 1 aliphatic rings. The zero-order valence-electron chi connectivity index (χ0n) is 13.2. The van der Waals surface area contributed by atoms with Crippen LogP contribution in [0.1, 0.15) is 19.8 Å². The van der Waals surface area contributed by atoms with Crippen molar-refractivity contribution in [2.24, 2.45) is 5.92 Å². The Morgan fingerprint density at radius 1 is 1.46 bits per heavy atom. The minimum Gasteiger partial charge on any atom is -0.477 e. The minimum absolute atomic E-state index is 0.216. The molecule has 0 bridgehead atoms. The van der Waals surface area contributed by atoms with E-state index in [9.17, 15) is 30.0 Å². The molecule has 0 radical (unpaired) electrons. The van der Waals surface area contributed by atoms with Gasteiger partial charge in [-0.15, -0.1) is 6.42 Å². The highest BCUT2D eigenvalue weighted by atomic mass is 16.7. The molecule has 0 spiro atoms. The molecule has 0 saturated carbocycles. The van der Waals surface area contributed by atoms with E-state index in [-0.39, 0.29) is 12.2 Å². The number of hydrogen-bond acceptors (Lipinski definition) is 8. The maximum absolute atomic E-state index is 11.6. The van der Waals surface area contributed by atoms with Crippen molar-refractivity contribution in [2.75, 3.05) is 13.2 Å². The van der Waals surface area contributed by atoms with Gasteiger partial charge in [0.2, 0.25) is 0 Å². The Balaban J connectivity index is 3.19. The van der Waals surface area contributed by atoms with Crippen molar-refractivity contribution < 1.29 is 44.6 Å². The quantitative estimate of drug-likeness (QED) is 0.310. The van der Waals surface area contributed by atoms with E-state index in [1.807, 2.05) is 0 Å². The van der Waals surface area contributed by atoms with Crippen LogP contribution in [0.25, 0.3) is 0 Å². The number of carboxylic acid groups (broad SMARTS) is 1. The van der Waals surface area contributed by atoms with Gasteiger partial charge in [-0.3, -0.25) is 0 Å². The summed E-state index contributed by atoms with van der Waals surface area (Å²) in [5.41, 5.74) is 0. The molecule has 24 heavy (non-hydrogen) atoms. The number of hydrogen-bond donors (Lipinski definition) is 5. The van der Waals surface area contributed by atoms with Crippen LogP contribution in [0.5, 0.6) is 0 Å². The van der Waals surface area contributed by atoms with Gasteiger partial charge in [-0.25, -0.2) is 4.79 Å². The largest absolute Gasteiger partial charge is 0.477 e. The van der Waals surface area contributed by atoms with Crippen molar-refractivity contribution in [1.29, 1.82) is 0 Å². The maximum Gasteiger partial charge on any atom is 0.364 e. The maximum atomic E-state index is 11.6. The fourth-order valence-electron chi connectivity index (χ4n) is 2.69. The third-order valence-electron chi connectivity index (χ3n) is 3.88. The molecule has 3 unspecified atom stereocenters. The first-order valence-corrected chi connectivity index (χ1v) is 7.31. The van der Waals surface area contributed by atoms with Crippen LogP contribution in [0, 0.1) is 18.3 Å². The normalized spacial score (nSPS) is 32.6. The second-order valence-electron chi connectivity index (χ2n) is 5.72. The van der Waals surface area contributed by atoms with E-state index in [0.717, 1.165) is 0 Å². The summed E-state index contributed by atoms with van der Waals surface area (Å²) in [4.78, 5) is 23.0. The van der Waals surface area contributed by atoms with Crippen LogP contribution >= 0.6 is 0 Å². The van der Waals surface area contributed by atoms with E-state index < -0.39 is 61.7 Å². The molecule has 1 saturated heterocycles. The molecular formula is C15H22O9. The van der Waals surface area contributed by atoms with Gasteiger partial charge in [-0.2, -0.15) is 0 Å². The Morgan fingerprint density at radius 3 is 2.54 bits per heavy atom. The van der Waals surface area contributed by atoms with E-state index in [1.165, 1.54) is 6.92 Å². The van der Waals surface area contributed by atoms with Crippen molar-refractivity contribution in [3.8, 4) is 12.3 Å². The summed E-state index contributed by atoms with van der Waals surface area (Å²) in [5, 5.41) is 48.5. The van der Waals surface area contributed by atoms with Crippen molar-refractivity contribution in [1.82, 2.24) is 0 Å². The van der Waals surface area contributed by atoms with Gasteiger partial charge in [0.05, 0.1) is 18.8 Å². The summed E-state index contributed by atoms with van der Waals surface area (Å²) in [6.45, 7) is 0.00346. The molecule has 0 aromatic heterocycles. The van der Waals surface area contributed by atoms with Gasteiger partial charge in [0.25, 0.3) is 5.79 Å². The predicted molar refractivity (Wildman–Crippen MR) is 78.5 cm³/mol. The number of ether oxygens (including phenoxy) is 2. The summed E-state index contributed by atoms with van der Waals surface area (Å²) >= 11 is 0. The lowest BCUT2D eigenvalue weighted by atomic mass is 9.80. The Labute approximate surface area is 138 Å². The number of carbonyl (C=O) groups is 2. The van der Waals surface area contributed by atoms with Gasteiger partial charge in [0.15, 0.2) is 0 Å². The number of aliphatic hydroxyl groups excluding tert-OH is 4. The fraction of sp³-hybridized carbons (Fsp3) is 0.733. The molecule has 1 aliphatic heterocycles. The van der Waals surface area contributed by atoms with Crippen LogP contribution in [0.15, 0.2) is 0 Å². The summed E-state index contributed by atoms with van der Waals surface area (Å²) in [6.07, 6.45) is -1.93. The van der Waals surface area contributed by atoms with Crippen molar-refractivity contribution in [3.05, 3.63) is 0 Å². The van der Waals surface area contributed by atoms with Crippen molar-refractivity contribution in [3.63, 3.8) is 0 Å². The summed E-state index contributed by atoms with van der Waals surface area (Å²) < 4.78 is 10.4. The zero-order valence-corrected chi connectivity index (χ0v) is 13.2. The Bertz CT molecular complexity index is 500. The molecule has 0 amide bonds. The molecule has 136 valence electrons. The third kappa shape index (κ3) is 4.51. The molecule has 1 heterocycles. The molecular weight excluding hydrogens is 324 g/mol. The molecule has 0 aromatic carbocycles. The fourth-order valence-corrected chi connectivity index (χ4v) is 2.69. The van der Waals surface area contributed by atoms with Crippen molar-refractivity contribution >= 4 is 11.8 Å². The lowest BCUT2D eigenvalue weighted by molar-refractivity contribution is -0.316. The van der Waals surface area contributed by atoms with Gasteiger partial charge in [-0.05, 0) is 6.92 Å². The Morgan fingerprint density at radius 2 is 2.08 bits per heavy atom. The molecule has 9 heteroatoms. The number of ketones is 1. The predicted octanol–water partition coefficient (Wildman–Crippen LogP) is -2.12. The lowest BCUT2D eigenvalue weighted by Gasteiger charge is -2.46. The van der Waals surface area contributed by atoms with Crippen LogP contribution in [-0.2, 0) is 19.1 Å². The summed E-state index contributed by atoms with van der Waals surface area (Å²) in [6, 6.07) is 0. The van der Waals surface area contributed by atoms with Gasteiger partial charge < -0.3 is 39.8 Å². The SMILES string of the molecule is C#CCO[C@]1(C(=O)O)C[C@@H](O)[C@@H](CC(C)=O)C(C(O)C(O)CO)O1. The Hall–Kier alpha value is -1.54. The number of rotatable bonds is 8. The molecule has 0 aliphatic carbocycles. The zero-order chi connectivity index (χ0) is 18.5. The first-order chi connectivity index (χ1) is 11.2. The monoisotopic (exact) mass is 346 g/mol. The first kappa shape index (κ1) is 20.5. The highest BCUT2D eigenvalue weighted by Crippen LogP contribution is 2.38. The number of carbonyl (C=O) groups excluding carboxylic acids is 1. The molecule has 9 nitrogen and oxygen atoms in total. The highest BCUT2D eigenvalue weighted by Gasteiger charge is 2.55. The van der Waals surface area contributed by atoms with Crippen LogP contribution in [-0.4, -0.2) is 80.7 Å². The highest BCUT2D eigenvalue weighted by molar-refractivity contribution is 5.77. The number of aliphatic carboxylic acids is 1. The van der Waals surface area contributed by atoms with Crippen LogP contribution in [0.2, 0.25) is 0 Å². The summed E-state index contributed by atoms with van der Waals surface area (Å²) in [7, 11) is 0. The smallest absolute Gasteiger partial charge is 0.364 e. The van der Waals surface area contributed by atoms with Crippen molar-refractivity contribution in [2.45, 2.75) is 50.0 Å². The molecule has 1 fully saturated rings. The van der Waals surface area contributed by atoms with Gasteiger partial charge in [0.1, 0.15) is 24.6 Å². The average molecular weight is 346 g/mol. The summed E-state index contributed by atoms with van der Waals surface area (Å²) in [5.74, 6) is -3.14. The molecule has 5 N–H and O–H groups in total. The second-order valence-corrected chi connectivity index (χ2v) is 5.72. The topological polar surface area (TPSA) is 154 Å². The number of aliphatic hydroxyl groups is 4. The number of carboxylic acids is 1. The molecule has 0 aromatic rings.